The highest BCUT2D eigenvalue weighted by atomic mass is 35.5. The number of anilines is 2. The quantitative estimate of drug-likeness (QED) is 0.670. The van der Waals surface area contributed by atoms with Gasteiger partial charge in [-0.1, -0.05) is 35.9 Å². The summed E-state index contributed by atoms with van der Waals surface area (Å²) in [6.07, 6.45) is -0.00673. The van der Waals surface area contributed by atoms with Crippen LogP contribution < -0.4 is 10.6 Å². The van der Waals surface area contributed by atoms with Gasteiger partial charge in [-0.15, -0.1) is 11.3 Å². The highest BCUT2D eigenvalue weighted by Crippen LogP contribution is 2.35. The van der Waals surface area contributed by atoms with Crippen LogP contribution in [0.2, 0.25) is 5.02 Å². The second-order valence-corrected chi connectivity index (χ2v) is 7.31. The van der Waals surface area contributed by atoms with Crippen LogP contribution >= 0.6 is 22.9 Å². The van der Waals surface area contributed by atoms with E-state index >= 15 is 0 Å². The average Bonchev–Trinajstić information content (AvgIpc) is 3.09. The molecule has 2 heterocycles. The molecule has 3 aromatic rings. The standard InChI is InChI=1S/C19H13ClFN3O2S/c20-14-4-2-1-3-12(14)16-9-27-19(23-16)24-18(26)13-8-17(25)22-15-7-10(21)5-6-11(13)15/h1-7,9,13H,8H2,(H,22,25)(H,23,24,26)/t13-/m1/s1. The van der Waals surface area contributed by atoms with Crippen molar-refractivity contribution in [3.05, 3.63) is 64.2 Å². The van der Waals surface area contributed by atoms with Gasteiger partial charge in [0.05, 0.1) is 11.6 Å². The summed E-state index contributed by atoms with van der Waals surface area (Å²) in [5.74, 6) is -1.87. The van der Waals surface area contributed by atoms with Crippen LogP contribution in [0.25, 0.3) is 11.3 Å². The van der Waals surface area contributed by atoms with Crippen molar-refractivity contribution in [2.24, 2.45) is 0 Å². The predicted molar refractivity (Wildman–Crippen MR) is 104 cm³/mol. The molecule has 2 aromatic carbocycles. The molecule has 2 amide bonds. The predicted octanol–water partition coefficient (Wildman–Crippen LogP) is 4.67. The first kappa shape index (κ1) is 17.6. The molecule has 27 heavy (non-hydrogen) atoms. The minimum atomic E-state index is -0.706. The van der Waals surface area contributed by atoms with Crippen LogP contribution in [-0.4, -0.2) is 16.8 Å². The van der Waals surface area contributed by atoms with E-state index in [1.165, 1.54) is 29.5 Å². The molecular formula is C19H13ClFN3O2S. The lowest BCUT2D eigenvalue weighted by molar-refractivity contribution is -0.123. The van der Waals surface area contributed by atoms with Gasteiger partial charge < -0.3 is 10.6 Å². The molecule has 4 rings (SSSR count). The number of hydrogen-bond donors (Lipinski definition) is 2. The number of amides is 2. The maximum atomic E-state index is 13.4. The fourth-order valence-corrected chi connectivity index (χ4v) is 3.93. The summed E-state index contributed by atoms with van der Waals surface area (Å²) in [6, 6.07) is 11.3. The molecule has 0 radical (unpaired) electrons. The molecule has 1 atom stereocenters. The lowest BCUT2D eigenvalue weighted by atomic mass is 9.90. The average molecular weight is 402 g/mol. The summed E-state index contributed by atoms with van der Waals surface area (Å²) in [6.45, 7) is 0. The SMILES string of the molecule is O=C1C[C@@H](C(=O)Nc2nc(-c3ccccc3Cl)cs2)c2ccc(F)cc2N1. The number of aromatic nitrogens is 1. The molecule has 0 unspecified atom stereocenters. The van der Waals surface area contributed by atoms with Crippen molar-refractivity contribution < 1.29 is 14.0 Å². The monoisotopic (exact) mass is 401 g/mol. The molecule has 1 aliphatic heterocycles. The van der Waals surface area contributed by atoms with Gasteiger partial charge in [-0.3, -0.25) is 9.59 Å². The van der Waals surface area contributed by atoms with Crippen molar-refractivity contribution in [3.8, 4) is 11.3 Å². The van der Waals surface area contributed by atoms with E-state index in [9.17, 15) is 14.0 Å². The molecule has 0 bridgehead atoms. The summed E-state index contributed by atoms with van der Waals surface area (Å²) in [7, 11) is 0. The Morgan fingerprint density at radius 1 is 1.30 bits per heavy atom. The van der Waals surface area contributed by atoms with Gasteiger partial charge in [0.15, 0.2) is 5.13 Å². The van der Waals surface area contributed by atoms with Crippen molar-refractivity contribution in [1.29, 1.82) is 0 Å². The third-order valence-corrected chi connectivity index (χ3v) is 5.34. The Balaban J connectivity index is 1.57. The first-order valence-corrected chi connectivity index (χ1v) is 9.37. The summed E-state index contributed by atoms with van der Waals surface area (Å²) in [4.78, 5) is 29.0. The van der Waals surface area contributed by atoms with Crippen LogP contribution in [0, 0.1) is 5.82 Å². The summed E-state index contributed by atoms with van der Waals surface area (Å²) in [5.41, 5.74) is 2.33. The topological polar surface area (TPSA) is 71.1 Å². The Labute approximate surface area is 163 Å². The normalized spacial score (nSPS) is 15.8. The molecule has 0 saturated heterocycles. The van der Waals surface area contributed by atoms with Crippen molar-refractivity contribution in [3.63, 3.8) is 0 Å². The number of nitrogens with zero attached hydrogens (tertiary/aromatic N) is 1. The second-order valence-electron chi connectivity index (χ2n) is 6.04. The van der Waals surface area contributed by atoms with Crippen LogP contribution in [0.3, 0.4) is 0 Å². The number of rotatable bonds is 3. The summed E-state index contributed by atoms with van der Waals surface area (Å²) in [5, 5.41) is 8.12. The van der Waals surface area contributed by atoms with E-state index in [0.717, 1.165) is 5.56 Å². The molecule has 5 nitrogen and oxygen atoms in total. The fraction of sp³-hybridized carbons (Fsp3) is 0.105. The van der Waals surface area contributed by atoms with Gasteiger partial charge in [0.2, 0.25) is 11.8 Å². The van der Waals surface area contributed by atoms with Crippen LogP contribution in [0.15, 0.2) is 47.8 Å². The van der Waals surface area contributed by atoms with Crippen LogP contribution in [0.4, 0.5) is 15.2 Å². The Morgan fingerprint density at radius 2 is 2.11 bits per heavy atom. The van der Waals surface area contributed by atoms with Gasteiger partial charge in [-0.2, -0.15) is 0 Å². The zero-order valence-electron chi connectivity index (χ0n) is 13.8. The molecule has 0 aliphatic carbocycles. The van der Waals surface area contributed by atoms with Gasteiger partial charge >= 0.3 is 0 Å². The first-order chi connectivity index (χ1) is 13.0. The van der Waals surface area contributed by atoms with Crippen molar-refractivity contribution in [1.82, 2.24) is 4.98 Å². The number of carbonyl (C=O) groups excluding carboxylic acids is 2. The molecule has 8 heteroatoms. The highest BCUT2D eigenvalue weighted by Gasteiger charge is 2.31. The summed E-state index contributed by atoms with van der Waals surface area (Å²) < 4.78 is 13.4. The van der Waals surface area contributed by atoms with Crippen molar-refractivity contribution in [2.75, 3.05) is 10.6 Å². The van der Waals surface area contributed by atoms with Crippen molar-refractivity contribution >= 4 is 45.6 Å². The van der Waals surface area contributed by atoms with E-state index in [4.69, 9.17) is 11.6 Å². The van der Waals surface area contributed by atoms with Gasteiger partial charge in [0, 0.05) is 28.1 Å². The van der Waals surface area contributed by atoms with Gasteiger partial charge in [0.1, 0.15) is 5.82 Å². The largest absolute Gasteiger partial charge is 0.326 e. The Hall–Kier alpha value is -2.77. The molecule has 136 valence electrons. The Morgan fingerprint density at radius 3 is 2.93 bits per heavy atom. The first-order valence-electron chi connectivity index (χ1n) is 8.12. The number of thiazole rings is 1. The number of nitrogens with one attached hydrogen (secondary N) is 2. The number of benzene rings is 2. The van der Waals surface area contributed by atoms with Gasteiger partial charge in [0.25, 0.3) is 0 Å². The van der Waals surface area contributed by atoms with Gasteiger partial charge in [-0.25, -0.2) is 9.37 Å². The smallest absolute Gasteiger partial charge is 0.234 e. The lowest BCUT2D eigenvalue weighted by Crippen LogP contribution is -2.30. The van der Waals surface area contributed by atoms with E-state index in [-0.39, 0.29) is 18.2 Å². The van der Waals surface area contributed by atoms with E-state index < -0.39 is 11.7 Å². The highest BCUT2D eigenvalue weighted by molar-refractivity contribution is 7.14. The van der Waals surface area contributed by atoms with E-state index in [1.54, 1.807) is 11.4 Å². The molecule has 1 aromatic heterocycles. The zero-order chi connectivity index (χ0) is 19.0. The van der Waals surface area contributed by atoms with E-state index in [1.807, 2.05) is 18.2 Å². The molecule has 1 aliphatic rings. The fourth-order valence-electron chi connectivity index (χ4n) is 2.99. The van der Waals surface area contributed by atoms with Crippen LogP contribution in [-0.2, 0) is 9.59 Å². The van der Waals surface area contributed by atoms with Crippen LogP contribution in [0.1, 0.15) is 17.9 Å². The molecule has 0 saturated carbocycles. The number of hydrogen-bond acceptors (Lipinski definition) is 4. The second kappa shape index (κ2) is 7.09. The van der Waals surface area contributed by atoms with Crippen LogP contribution in [0.5, 0.6) is 0 Å². The van der Waals surface area contributed by atoms with E-state index in [0.29, 0.717) is 27.1 Å². The minimum absolute atomic E-state index is 0.00673. The van der Waals surface area contributed by atoms with Crippen molar-refractivity contribution in [2.45, 2.75) is 12.3 Å². The third kappa shape index (κ3) is 3.56. The Kier molecular flexibility index (Phi) is 4.63. The molecule has 2 N–H and O–H groups in total. The maximum Gasteiger partial charge on any atom is 0.234 e. The van der Waals surface area contributed by atoms with Gasteiger partial charge in [-0.05, 0) is 23.8 Å². The maximum absolute atomic E-state index is 13.4. The number of halogens is 2. The number of fused-ring (bicyclic) bond motifs is 1. The minimum Gasteiger partial charge on any atom is -0.326 e. The summed E-state index contributed by atoms with van der Waals surface area (Å²) >= 11 is 7.45. The molecular weight excluding hydrogens is 389 g/mol. The van der Waals surface area contributed by atoms with E-state index in [2.05, 4.69) is 15.6 Å². The molecule has 0 spiro atoms. The Bertz CT molecular complexity index is 1050. The molecule has 0 fully saturated rings. The number of carbonyl (C=O) groups is 2. The zero-order valence-corrected chi connectivity index (χ0v) is 15.4. The lowest BCUT2D eigenvalue weighted by Gasteiger charge is -2.24. The third-order valence-electron chi connectivity index (χ3n) is 4.25.